The minimum atomic E-state index is 0.0442. The fourth-order valence-corrected chi connectivity index (χ4v) is 2.45. The molecule has 4 nitrogen and oxygen atoms in total. The van der Waals surface area contributed by atoms with Crippen molar-refractivity contribution in [2.45, 2.75) is 18.6 Å². The zero-order valence-corrected chi connectivity index (χ0v) is 10.2. The summed E-state index contributed by atoms with van der Waals surface area (Å²) in [5.41, 5.74) is 0.633. The fourth-order valence-electron chi connectivity index (χ4n) is 2.08. The average Bonchev–Trinajstić information content (AvgIpc) is 3.06. The predicted molar refractivity (Wildman–Crippen MR) is 61.1 cm³/mol. The van der Waals surface area contributed by atoms with Crippen molar-refractivity contribution in [3.05, 3.63) is 28.5 Å². The second-order valence-electron chi connectivity index (χ2n) is 4.14. The maximum atomic E-state index is 12.1. The van der Waals surface area contributed by atoms with Crippen LogP contribution in [0.25, 0.3) is 0 Å². The summed E-state index contributed by atoms with van der Waals surface area (Å²) in [5, 5.41) is 0. The van der Waals surface area contributed by atoms with Gasteiger partial charge in [0.25, 0.3) is 5.91 Å². The van der Waals surface area contributed by atoms with Gasteiger partial charge in [0, 0.05) is 30.0 Å². The van der Waals surface area contributed by atoms with E-state index in [2.05, 4.69) is 20.9 Å². The van der Waals surface area contributed by atoms with Crippen LogP contribution < -0.4 is 0 Å². The Bertz CT molecular complexity index is 438. The summed E-state index contributed by atoms with van der Waals surface area (Å²) in [6.07, 6.45) is 4.92. The lowest BCUT2D eigenvalue weighted by atomic mass is 10.1. The lowest BCUT2D eigenvalue weighted by molar-refractivity contribution is 0.0736. The number of carbonyl (C=O) groups is 1. The molecule has 2 aliphatic rings. The van der Waals surface area contributed by atoms with Crippen molar-refractivity contribution >= 4 is 21.8 Å². The first-order valence-electron chi connectivity index (χ1n) is 5.29. The molecule has 0 spiro atoms. The number of nitrogens with zero attached hydrogens (tertiary/aromatic N) is 2. The van der Waals surface area contributed by atoms with Gasteiger partial charge in [0.1, 0.15) is 6.10 Å². The fraction of sp³-hybridized carbons (Fsp3) is 0.455. The second-order valence-corrected chi connectivity index (χ2v) is 5.06. The van der Waals surface area contributed by atoms with Crippen LogP contribution in [0.1, 0.15) is 16.8 Å². The molecule has 0 unspecified atom stereocenters. The highest BCUT2D eigenvalue weighted by molar-refractivity contribution is 9.10. The first kappa shape index (κ1) is 10.2. The molecule has 0 N–H and O–H groups in total. The number of ether oxygens (including phenoxy) is 1. The third-order valence-corrected chi connectivity index (χ3v) is 3.44. The lowest BCUT2D eigenvalue weighted by Crippen LogP contribution is -2.39. The van der Waals surface area contributed by atoms with Gasteiger partial charge in [0.2, 0.25) is 0 Å². The SMILES string of the molecule is O=C(c1cncc(Br)c1)N1CC[C@H]2O[C@H]2C1. The molecular formula is C11H11BrN2O2. The van der Waals surface area contributed by atoms with Crippen molar-refractivity contribution in [3.63, 3.8) is 0 Å². The van der Waals surface area contributed by atoms with Gasteiger partial charge in [-0.15, -0.1) is 0 Å². The van der Waals surface area contributed by atoms with Crippen LogP contribution in [0.5, 0.6) is 0 Å². The van der Waals surface area contributed by atoms with Crippen molar-refractivity contribution < 1.29 is 9.53 Å². The quantitative estimate of drug-likeness (QED) is 0.733. The van der Waals surface area contributed by atoms with Crippen LogP contribution in [-0.4, -0.2) is 41.1 Å². The number of pyridine rings is 1. The van der Waals surface area contributed by atoms with Gasteiger partial charge >= 0.3 is 0 Å². The largest absolute Gasteiger partial charge is 0.368 e. The van der Waals surface area contributed by atoms with Gasteiger partial charge in [-0.25, -0.2) is 0 Å². The second kappa shape index (κ2) is 3.82. The Hall–Kier alpha value is -0.940. The van der Waals surface area contributed by atoms with E-state index in [1.165, 1.54) is 0 Å². The molecule has 0 aromatic carbocycles. The van der Waals surface area contributed by atoms with E-state index in [9.17, 15) is 4.79 Å². The maximum absolute atomic E-state index is 12.1. The molecule has 3 rings (SSSR count). The standard InChI is InChI=1S/C11H11BrN2O2/c12-8-3-7(4-13-5-8)11(15)14-2-1-9-10(6-14)16-9/h3-5,9-10H,1-2,6H2/t9-,10+/m1/s1. The number of rotatable bonds is 1. The number of halogens is 1. The highest BCUT2D eigenvalue weighted by atomic mass is 79.9. The Kier molecular flexibility index (Phi) is 2.44. The monoisotopic (exact) mass is 282 g/mol. The van der Waals surface area contributed by atoms with E-state index in [4.69, 9.17) is 4.74 Å². The molecule has 0 aliphatic carbocycles. The summed E-state index contributed by atoms with van der Waals surface area (Å²) in [7, 11) is 0. The molecule has 5 heteroatoms. The molecule has 2 aliphatic heterocycles. The molecule has 0 saturated carbocycles. The molecule has 2 fully saturated rings. The molecule has 1 aromatic heterocycles. The van der Waals surface area contributed by atoms with E-state index < -0.39 is 0 Å². The van der Waals surface area contributed by atoms with Crippen LogP contribution in [0.3, 0.4) is 0 Å². The summed E-state index contributed by atoms with van der Waals surface area (Å²) in [6.45, 7) is 1.50. The van der Waals surface area contributed by atoms with Gasteiger partial charge in [0.05, 0.1) is 11.7 Å². The van der Waals surface area contributed by atoms with Gasteiger partial charge in [-0.05, 0) is 28.4 Å². The number of hydrogen-bond acceptors (Lipinski definition) is 3. The molecule has 2 atom stereocenters. The molecule has 2 saturated heterocycles. The van der Waals surface area contributed by atoms with Gasteiger partial charge in [-0.3, -0.25) is 9.78 Å². The zero-order valence-electron chi connectivity index (χ0n) is 8.60. The van der Waals surface area contributed by atoms with Gasteiger partial charge in [-0.2, -0.15) is 0 Å². The first-order chi connectivity index (χ1) is 7.74. The van der Waals surface area contributed by atoms with Crippen LogP contribution in [0, 0.1) is 0 Å². The maximum Gasteiger partial charge on any atom is 0.255 e. The molecular weight excluding hydrogens is 272 g/mol. The van der Waals surface area contributed by atoms with E-state index in [1.54, 1.807) is 18.5 Å². The smallest absolute Gasteiger partial charge is 0.255 e. The Morgan fingerprint density at radius 1 is 1.50 bits per heavy atom. The number of aromatic nitrogens is 1. The molecule has 3 heterocycles. The summed E-state index contributed by atoms with van der Waals surface area (Å²) in [6, 6.07) is 1.80. The summed E-state index contributed by atoms with van der Waals surface area (Å²) >= 11 is 3.32. The first-order valence-corrected chi connectivity index (χ1v) is 6.08. The Morgan fingerprint density at radius 3 is 3.12 bits per heavy atom. The Labute approximate surface area is 102 Å². The normalized spacial score (nSPS) is 27.4. The highest BCUT2D eigenvalue weighted by Gasteiger charge is 2.44. The summed E-state index contributed by atoms with van der Waals surface area (Å²) in [4.78, 5) is 18.0. The number of hydrogen-bond donors (Lipinski definition) is 0. The number of epoxide rings is 1. The molecule has 1 amide bonds. The van der Waals surface area contributed by atoms with E-state index in [0.29, 0.717) is 11.7 Å². The average molecular weight is 283 g/mol. The third kappa shape index (κ3) is 1.85. The van der Waals surface area contributed by atoms with Gasteiger partial charge in [-0.1, -0.05) is 0 Å². The van der Waals surface area contributed by atoms with E-state index in [0.717, 1.165) is 24.0 Å². The van der Waals surface area contributed by atoms with Crippen molar-refractivity contribution in [3.8, 4) is 0 Å². The van der Waals surface area contributed by atoms with Crippen molar-refractivity contribution in [2.75, 3.05) is 13.1 Å². The summed E-state index contributed by atoms with van der Waals surface area (Å²) < 4.78 is 6.23. The van der Waals surface area contributed by atoms with E-state index in [1.807, 2.05) is 4.90 Å². The zero-order chi connectivity index (χ0) is 11.1. The molecule has 16 heavy (non-hydrogen) atoms. The number of likely N-dealkylation sites (tertiary alicyclic amines) is 1. The molecule has 0 bridgehead atoms. The van der Waals surface area contributed by atoms with Crippen LogP contribution in [0.4, 0.5) is 0 Å². The molecule has 84 valence electrons. The Morgan fingerprint density at radius 2 is 2.38 bits per heavy atom. The van der Waals surface area contributed by atoms with Crippen LogP contribution in [0.2, 0.25) is 0 Å². The Balaban J connectivity index is 1.76. The number of piperidine rings is 1. The van der Waals surface area contributed by atoms with Crippen LogP contribution >= 0.6 is 15.9 Å². The predicted octanol–water partition coefficient (Wildman–Crippen LogP) is 1.46. The van der Waals surface area contributed by atoms with Gasteiger partial charge in [0.15, 0.2) is 0 Å². The topological polar surface area (TPSA) is 45.7 Å². The van der Waals surface area contributed by atoms with Crippen molar-refractivity contribution in [2.24, 2.45) is 0 Å². The van der Waals surface area contributed by atoms with Crippen molar-refractivity contribution in [1.82, 2.24) is 9.88 Å². The number of carbonyl (C=O) groups excluding carboxylic acids is 1. The molecule has 0 radical (unpaired) electrons. The lowest BCUT2D eigenvalue weighted by Gasteiger charge is -2.24. The number of fused-ring (bicyclic) bond motifs is 1. The van der Waals surface area contributed by atoms with Crippen LogP contribution in [0.15, 0.2) is 22.9 Å². The van der Waals surface area contributed by atoms with E-state index >= 15 is 0 Å². The highest BCUT2D eigenvalue weighted by Crippen LogP contribution is 2.31. The molecule has 1 aromatic rings. The minimum Gasteiger partial charge on any atom is -0.368 e. The van der Waals surface area contributed by atoms with Crippen molar-refractivity contribution in [1.29, 1.82) is 0 Å². The van der Waals surface area contributed by atoms with Gasteiger partial charge < -0.3 is 9.64 Å². The minimum absolute atomic E-state index is 0.0442. The van der Waals surface area contributed by atoms with E-state index in [-0.39, 0.29) is 12.0 Å². The number of amides is 1. The summed E-state index contributed by atoms with van der Waals surface area (Å²) in [5.74, 6) is 0.0442. The van der Waals surface area contributed by atoms with Crippen LogP contribution in [-0.2, 0) is 4.74 Å². The third-order valence-electron chi connectivity index (χ3n) is 3.01.